The van der Waals surface area contributed by atoms with E-state index >= 15 is 4.39 Å². The average molecular weight is 454 g/mol. The molecule has 0 fully saturated rings. The van der Waals surface area contributed by atoms with E-state index in [-0.39, 0.29) is 16.1 Å². The lowest BCUT2D eigenvalue weighted by Crippen LogP contribution is -2.31. The Morgan fingerprint density at radius 3 is 2.47 bits per heavy atom. The number of aromatic nitrogens is 2. The van der Waals surface area contributed by atoms with Gasteiger partial charge in [0.15, 0.2) is 0 Å². The highest BCUT2D eigenvalue weighted by Gasteiger charge is 2.22. The first-order valence-corrected chi connectivity index (χ1v) is 10.3. The summed E-state index contributed by atoms with van der Waals surface area (Å²) >= 11 is 12.3. The second-order valence-corrected chi connectivity index (χ2v) is 7.55. The summed E-state index contributed by atoms with van der Waals surface area (Å²) < 4.78 is 22.6. The first-order valence-electron chi connectivity index (χ1n) is 9.53. The summed E-state index contributed by atoms with van der Waals surface area (Å²) in [5.41, 5.74) is 0.207. The van der Waals surface area contributed by atoms with Crippen LogP contribution in [-0.2, 0) is 11.3 Å². The summed E-state index contributed by atoms with van der Waals surface area (Å²) in [6, 6.07) is 7.16. The Hall–Kier alpha value is -2.35. The quantitative estimate of drug-likeness (QED) is 0.498. The van der Waals surface area contributed by atoms with Crippen molar-refractivity contribution >= 4 is 40.2 Å². The minimum absolute atomic E-state index is 0.0263. The zero-order valence-corrected chi connectivity index (χ0v) is 18.4. The molecule has 0 amide bonds. The predicted molar refractivity (Wildman–Crippen MR) is 117 cm³/mol. The summed E-state index contributed by atoms with van der Waals surface area (Å²) in [5.74, 6) is -1.41. The molecule has 0 aliphatic rings. The molecule has 3 rings (SSSR count). The molecule has 0 bridgehead atoms. The third kappa shape index (κ3) is 4.10. The molecule has 1 heterocycles. The first kappa shape index (κ1) is 22.3. The predicted octanol–water partition coefficient (Wildman–Crippen LogP) is 4.37. The van der Waals surface area contributed by atoms with Crippen molar-refractivity contribution in [3.8, 4) is 5.69 Å². The summed E-state index contributed by atoms with van der Waals surface area (Å²) in [7, 11) is 1.22. The van der Waals surface area contributed by atoms with Crippen LogP contribution in [0.5, 0.6) is 0 Å². The van der Waals surface area contributed by atoms with Gasteiger partial charge in [-0.3, -0.25) is 9.13 Å². The van der Waals surface area contributed by atoms with E-state index in [0.29, 0.717) is 29.3 Å². The van der Waals surface area contributed by atoms with E-state index in [2.05, 4.69) is 4.90 Å². The topological polar surface area (TPSA) is 56.5 Å². The van der Waals surface area contributed by atoms with Gasteiger partial charge in [0.2, 0.25) is 0 Å². The normalized spacial score (nSPS) is 11.4. The number of nitrogens with zero attached hydrogens (tertiary/aromatic N) is 3. The lowest BCUT2D eigenvalue weighted by Gasteiger charge is -2.18. The Kier molecular flexibility index (Phi) is 6.85. The van der Waals surface area contributed by atoms with Crippen LogP contribution >= 0.6 is 23.2 Å². The second-order valence-electron chi connectivity index (χ2n) is 6.71. The molecule has 1 aromatic heterocycles. The number of carbonyl (C=O) groups excluding carboxylic acids is 1. The van der Waals surface area contributed by atoms with Gasteiger partial charge in [0, 0.05) is 18.1 Å². The monoisotopic (exact) mass is 453 g/mol. The Bertz CT molecular complexity index is 1150. The highest BCUT2D eigenvalue weighted by molar-refractivity contribution is 6.35. The number of imidazole rings is 1. The molecular formula is C21H22Cl2FN3O3. The van der Waals surface area contributed by atoms with E-state index in [0.717, 1.165) is 19.2 Å². The molecule has 30 heavy (non-hydrogen) atoms. The zero-order valence-electron chi connectivity index (χ0n) is 16.9. The van der Waals surface area contributed by atoms with E-state index in [9.17, 15) is 9.59 Å². The number of benzene rings is 2. The standard InChI is InChI=1S/C21H22Cl2FN3O3/c1-4-25(5-2)8-9-26-18-11-13(20(28)30-3)10-16(24)19(18)27(21(26)29)17-7-6-14(22)12-15(17)23/h6-7,10-12H,4-5,8-9H2,1-3H3. The number of likely N-dealkylation sites (N-methyl/N-ethyl adjacent to an activating group) is 1. The van der Waals surface area contributed by atoms with Crippen LogP contribution in [0.4, 0.5) is 4.39 Å². The number of esters is 1. The number of methoxy groups -OCH3 is 1. The molecule has 0 aliphatic heterocycles. The molecule has 0 saturated carbocycles. The van der Waals surface area contributed by atoms with Crippen molar-refractivity contribution < 1.29 is 13.9 Å². The van der Waals surface area contributed by atoms with Gasteiger partial charge in [0.05, 0.1) is 28.9 Å². The molecule has 0 aliphatic carbocycles. The smallest absolute Gasteiger partial charge is 0.338 e. The highest BCUT2D eigenvalue weighted by Crippen LogP contribution is 2.28. The maximum Gasteiger partial charge on any atom is 0.338 e. The van der Waals surface area contributed by atoms with Crippen LogP contribution in [0.15, 0.2) is 35.1 Å². The van der Waals surface area contributed by atoms with Crippen LogP contribution in [-0.4, -0.2) is 46.7 Å². The van der Waals surface area contributed by atoms with Crippen LogP contribution in [0.1, 0.15) is 24.2 Å². The molecule has 9 heteroatoms. The van der Waals surface area contributed by atoms with Crippen LogP contribution in [0, 0.1) is 5.82 Å². The number of fused-ring (bicyclic) bond motifs is 1. The zero-order chi connectivity index (χ0) is 22.0. The Labute approximate surface area is 183 Å². The fourth-order valence-corrected chi connectivity index (χ4v) is 3.94. The fourth-order valence-electron chi connectivity index (χ4n) is 3.45. The average Bonchev–Trinajstić information content (AvgIpc) is 3.00. The van der Waals surface area contributed by atoms with E-state index in [1.54, 1.807) is 12.1 Å². The van der Waals surface area contributed by atoms with E-state index in [1.165, 1.54) is 28.4 Å². The number of rotatable bonds is 7. The number of hydrogen-bond donors (Lipinski definition) is 0. The minimum atomic E-state index is -0.724. The van der Waals surface area contributed by atoms with Gasteiger partial charge in [0.1, 0.15) is 11.3 Å². The van der Waals surface area contributed by atoms with Crippen molar-refractivity contribution in [3.63, 3.8) is 0 Å². The number of hydrogen-bond acceptors (Lipinski definition) is 4. The van der Waals surface area contributed by atoms with Gasteiger partial charge in [-0.25, -0.2) is 14.0 Å². The third-order valence-corrected chi connectivity index (χ3v) is 5.62. The Balaban J connectivity index is 2.30. The maximum atomic E-state index is 15.2. The van der Waals surface area contributed by atoms with E-state index < -0.39 is 17.5 Å². The second kappa shape index (κ2) is 9.20. The van der Waals surface area contributed by atoms with E-state index in [1.807, 2.05) is 13.8 Å². The van der Waals surface area contributed by atoms with Crippen molar-refractivity contribution in [2.24, 2.45) is 0 Å². The van der Waals surface area contributed by atoms with Crippen molar-refractivity contribution in [3.05, 3.63) is 62.2 Å². The van der Waals surface area contributed by atoms with Gasteiger partial charge in [-0.2, -0.15) is 0 Å². The summed E-state index contributed by atoms with van der Waals surface area (Å²) in [4.78, 5) is 27.5. The van der Waals surface area contributed by atoms with Gasteiger partial charge in [-0.1, -0.05) is 37.0 Å². The highest BCUT2D eigenvalue weighted by atomic mass is 35.5. The van der Waals surface area contributed by atoms with Crippen molar-refractivity contribution in [1.29, 1.82) is 0 Å². The molecule has 0 radical (unpaired) electrons. The van der Waals surface area contributed by atoms with Crippen molar-refractivity contribution in [2.45, 2.75) is 20.4 Å². The summed E-state index contributed by atoms with van der Waals surface area (Å²) in [5, 5.41) is 0.611. The van der Waals surface area contributed by atoms with Gasteiger partial charge in [-0.05, 0) is 43.4 Å². The molecule has 0 atom stereocenters. The van der Waals surface area contributed by atoms with Crippen LogP contribution < -0.4 is 5.69 Å². The van der Waals surface area contributed by atoms with Gasteiger partial charge in [0.25, 0.3) is 0 Å². The van der Waals surface area contributed by atoms with Crippen molar-refractivity contribution in [1.82, 2.24) is 14.0 Å². The molecular weight excluding hydrogens is 432 g/mol. The molecule has 3 aromatic rings. The maximum absolute atomic E-state index is 15.2. The fraction of sp³-hybridized carbons (Fsp3) is 0.333. The summed E-state index contributed by atoms with van der Waals surface area (Å²) in [6.07, 6.45) is 0. The molecule has 160 valence electrons. The lowest BCUT2D eigenvalue weighted by molar-refractivity contribution is 0.0600. The number of ether oxygens (including phenoxy) is 1. The molecule has 0 saturated heterocycles. The molecule has 6 nitrogen and oxygen atoms in total. The molecule has 0 spiro atoms. The van der Waals surface area contributed by atoms with Crippen LogP contribution in [0.2, 0.25) is 10.0 Å². The van der Waals surface area contributed by atoms with Crippen molar-refractivity contribution in [2.75, 3.05) is 26.7 Å². The van der Waals surface area contributed by atoms with E-state index in [4.69, 9.17) is 27.9 Å². The third-order valence-electron chi connectivity index (χ3n) is 5.09. The molecule has 0 unspecified atom stereocenters. The van der Waals surface area contributed by atoms with Gasteiger partial charge >= 0.3 is 11.7 Å². The van der Waals surface area contributed by atoms with Gasteiger partial charge in [-0.15, -0.1) is 0 Å². The number of carbonyl (C=O) groups is 1. The lowest BCUT2D eigenvalue weighted by atomic mass is 10.2. The van der Waals surface area contributed by atoms with Crippen LogP contribution in [0.25, 0.3) is 16.7 Å². The largest absolute Gasteiger partial charge is 0.465 e. The Morgan fingerprint density at radius 1 is 1.17 bits per heavy atom. The SMILES string of the molecule is CCN(CC)CCn1c(=O)n(-c2ccc(Cl)cc2Cl)c2c(F)cc(C(=O)OC)cc21. The molecule has 0 N–H and O–H groups in total. The number of halogens is 3. The minimum Gasteiger partial charge on any atom is -0.465 e. The van der Waals surface area contributed by atoms with Crippen LogP contribution in [0.3, 0.4) is 0 Å². The Morgan fingerprint density at radius 2 is 1.87 bits per heavy atom. The summed E-state index contributed by atoms with van der Waals surface area (Å²) in [6.45, 7) is 6.59. The van der Waals surface area contributed by atoms with Gasteiger partial charge < -0.3 is 9.64 Å². The first-order chi connectivity index (χ1) is 14.3. The molecule has 2 aromatic carbocycles.